The molecule has 0 aromatic carbocycles. The molecule has 0 saturated heterocycles. The summed E-state index contributed by atoms with van der Waals surface area (Å²) >= 11 is 0. The quantitative estimate of drug-likeness (QED) is 0.775. The molecular weight excluding hydrogens is 220 g/mol. The molecule has 0 amide bonds. The number of hydrogen-bond acceptors (Lipinski definition) is 5. The van der Waals surface area contributed by atoms with Crippen molar-refractivity contribution in [2.45, 2.75) is 19.3 Å². The topological polar surface area (TPSA) is 74.4 Å². The van der Waals surface area contributed by atoms with E-state index < -0.39 is 0 Å². The summed E-state index contributed by atoms with van der Waals surface area (Å²) in [7, 11) is 2.93. The molecule has 0 aliphatic rings. The molecule has 5 heteroatoms. The molecule has 0 radical (unpaired) electrons. The standard InChI is InChI=1S/C12H18N2O3/c1-8-4-9(5-11(14-8)16-2)10(7-13)6-12(15)17-3/h4-5,10H,6-7,13H2,1-3H3. The third-order valence-corrected chi connectivity index (χ3v) is 2.56. The Bertz CT molecular complexity index is 393. The summed E-state index contributed by atoms with van der Waals surface area (Å²) in [5, 5.41) is 0. The Morgan fingerprint density at radius 1 is 1.47 bits per heavy atom. The Balaban J connectivity index is 2.94. The maximum Gasteiger partial charge on any atom is 0.306 e. The average Bonchev–Trinajstić information content (AvgIpc) is 2.34. The van der Waals surface area contributed by atoms with Gasteiger partial charge in [-0.25, -0.2) is 4.98 Å². The van der Waals surface area contributed by atoms with Gasteiger partial charge in [-0.15, -0.1) is 0 Å². The fourth-order valence-electron chi connectivity index (χ4n) is 1.63. The number of hydrogen-bond donors (Lipinski definition) is 1. The van der Waals surface area contributed by atoms with Crippen LogP contribution in [-0.4, -0.2) is 31.7 Å². The Labute approximate surface area is 101 Å². The van der Waals surface area contributed by atoms with Gasteiger partial charge in [0, 0.05) is 17.7 Å². The number of aromatic nitrogens is 1. The number of carbonyl (C=O) groups excluding carboxylic acids is 1. The van der Waals surface area contributed by atoms with Crippen molar-refractivity contribution < 1.29 is 14.3 Å². The van der Waals surface area contributed by atoms with Crippen molar-refractivity contribution in [1.82, 2.24) is 4.98 Å². The van der Waals surface area contributed by atoms with E-state index in [2.05, 4.69) is 9.72 Å². The zero-order valence-electron chi connectivity index (χ0n) is 10.4. The third-order valence-electron chi connectivity index (χ3n) is 2.56. The molecule has 94 valence electrons. The Kier molecular flexibility index (Phi) is 4.90. The summed E-state index contributed by atoms with van der Waals surface area (Å²) in [5.41, 5.74) is 7.46. The largest absolute Gasteiger partial charge is 0.481 e. The molecule has 0 aliphatic carbocycles. The minimum Gasteiger partial charge on any atom is -0.481 e. The maximum atomic E-state index is 11.3. The first-order valence-corrected chi connectivity index (χ1v) is 5.40. The number of pyridine rings is 1. The lowest BCUT2D eigenvalue weighted by atomic mass is 9.96. The fourth-order valence-corrected chi connectivity index (χ4v) is 1.63. The molecule has 1 aromatic heterocycles. The van der Waals surface area contributed by atoms with Crippen LogP contribution in [-0.2, 0) is 9.53 Å². The van der Waals surface area contributed by atoms with E-state index >= 15 is 0 Å². The van der Waals surface area contributed by atoms with E-state index in [1.807, 2.05) is 13.0 Å². The van der Waals surface area contributed by atoms with Crippen molar-refractivity contribution in [3.8, 4) is 5.88 Å². The van der Waals surface area contributed by atoms with Crippen molar-refractivity contribution >= 4 is 5.97 Å². The number of nitrogens with two attached hydrogens (primary N) is 1. The minimum atomic E-state index is -0.270. The molecule has 1 heterocycles. The zero-order chi connectivity index (χ0) is 12.8. The lowest BCUT2D eigenvalue weighted by Crippen LogP contribution is -2.17. The highest BCUT2D eigenvalue weighted by molar-refractivity contribution is 5.70. The second-order valence-corrected chi connectivity index (χ2v) is 3.80. The minimum absolute atomic E-state index is 0.0713. The molecule has 1 aromatic rings. The van der Waals surface area contributed by atoms with Crippen LogP contribution in [0.5, 0.6) is 5.88 Å². The third kappa shape index (κ3) is 3.71. The van der Waals surface area contributed by atoms with Crippen molar-refractivity contribution in [2.75, 3.05) is 20.8 Å². The molecule has 1 atom stereocenters. The summed E-state index contributed by atoms with van der Waals surface area (Å²) in [5.74, 6) is 0.190. The number of rotatable bonds is 5. The van der Waals surface area contributed by atoms with Gasteiger partial charge in [0.2, 0.25) is 5.88 Å². The second kappa shape index (κ2) is 6.20. The predicted octanol–water partition coefficient (Wildman–Crippen LogP) is 1.00. The van der Waals surface area contributed by atoms with Crippen LogP contribution in [0.25, 0.3) is 0 Å². The highest BCUT2D eigenvalue weighted by atomic mass is 16.5. The smallest absolute Gasteiger partial charge is 0.306 e. The van der Waals surface area contributed by atoms with Crippen molar-refractivity contribution in [1.29, 1.82) is 0 Å². The molecule has 17 heavy (non-hydrogen) atoms. The van der Waals surface area contributed by atoms with Gasteiger partial charge in [0.25, 0.3) is 0 Å². The summed E-state index contributed by atoms with van der Waals surface area (Å²) in [6.07, 6.45) is 0.263. The molecule has 0 aliphatic heterocycles. The summed E-state index contributed by atoms with van der Waals surface area (Å²) in [4.78, 5) is 15.5. The molecule has 1 unspecified atom stereocenters. The van der Waals surface area contributed by atoms with Crippen LogP contribution in [0.3, 0.4) is 0 Å². The second-order valence-electron chi connectivity index (χ2n) is 3.80. The fraction of sp³-hybridized carbons (Fsp3) is 0.500. The highest BCUT2D eigenvalue weighted by Gasteiger charge is 2.16. The lowest BCUT2D eigenvalue weighted by molar-refractivity contribution is -0.141. The number of carbonyl (C=O) groups is 1. The van der Waals surface area contributed by atoms with Gasteiger partial charge >= 0.3 is 5.97 Å². The van der Waals surface area contributed by atoms with E-state index in [-0.39, 0.29) is 18.3 Å². The molecule has 0 bridgehead atoms. The van der Waals surface area contributed by atoms with Crippen LogP contribution >= 0.6 is 0 Å². The predicted molar refractivity (Wildman–Crippen MR) is 64.0 cm³/mol. The molecule has 1 rings (SSSR count). The van der Waals surface area contributed by atoms with Gasteiger partial charge in [0.05, 0.1) is 20.6 Å². The van der Waals surface area contributed by atoms with Gasteiger partial charge < -0.3 is 15.2 Å². The van der Waals surface area contributed by atoms with Crippen molar-refractivity contribution in [3.05, 3.63) is 23.4 Å². The molecular formula is C12H18N2O3. The lowest BCUT2D eigenvalue weighted by Gasteiger charge is -2.15. The van der Waals surface area contributed by atoms with Crippen LogP contribution in [0.1, 0.15) is 23.6 Å². The first-order chi connectivity index (χ1) is 8.10. The Morgan fingerprint density at radius 3 is 2.71 bits per heavy atom. The summed E-state index contributed by atoms with van der Waals surface area (Å²) in [6.45, 7) is 2.25. The van der Waals surface area contributed by atoms with Crippen LogP contribution in [0.15, 0.2) is 12.1 Å². The number of esters is 1. The number of aryl methyl sites for hydroxylation is 1. The van der Waals surface area contributed by atoms with E-state index in [0.29, 0.717) is 12.4 Å². The monoisotopic (exact) mass is 238 g/mol. The van der Waals surface area contributed by atoms with Crippen LogP contribution in [0.2, 0.25) is 0 Å². The van der Waals surface area contributed by atoms with Gasteiger partial charge in [-0.2, -0.15) is 0 Å². The van der Waals surface area contributed by atoms with Gasteiger partial charge in [-0.05, 0) is 25.1 Å². The SMILES string of the molecule is COC(=O)CC(CN)c1cc(C)nc(OC)c1. The number of methoxy groups -OCH3 is 2. The summed E-state index contributed by atoms with van der Waals surface area (Å²) < 4.78 is 9.74. The van der Waals surface area contributed by atoms with Crippen molar-refractivity contribution in [2.24, 2.45) is 5.73 Å². The Morgan fingerprint density at radius 2 is 2.18 bits per heavy atom. The van der Waals surface area contributed by atoms with E-state index in [1.165, 1.54) is 7.11 Å². The zero-order valence-corrected chi connectivity index (χ0v) is 10.4. The van der Waals surface area contributed by atoms with E-state index in [4.69, 9.17) is 10.5 Å². The van der Waals surface area contributed by atoms with Crippen LogP contribution < -0.4 is 10.5 Å². The first-order valence-electron chi connectivity index (χ1n) is 5.40. The average molecular weight is 238 g/mol. The van der Waals surface area contributed by atoms with Gasteiger partial charge in [-0.1, -0.05) is 0 Å². The number of ether oxygens (including phenoxy) is 2. The van der Waals surface area contributed by atoms with Gasteiger partial charge in [-0.3, -0.25) is 4.79 Å². The maximum absolute atomic E-state index is 11.3. The molecule has 5 nitrogen and oxygen atoms in total. The number of nitrogens with zero attached hydrogens (tertiary/aromatic N) is 1. The molecule has 2 N–H and O–H groups in total. The van der Waals surface area contributed by atoms with Crippen LogP contribution in [0, 0.1) is 6.92 Å². The molecule has 0 spiro atoms. The van der Waals surface area contributed by atoms with E-state index in [9.17, 15) is 4.79 Å². The highest BCUT2D eigenvalue weighted by Crippen LogP contribution is 2.23. The van der Waals surface area contributed by atoms with Crippen LogP contribution in [0.4, 0.5) is 0 Å². The summed E-state index contributed by atoms with van der Waals surface area (Å²) in [6, 6.07) is 3.70. The van der Waals surface area contributed by atoms with E-state index in [0.717, 1.165) is 11.3 Å². The first kappa shape index (κ1) is 13.4. The molecule has 0 saturated carbocycles. The van der Waals surface area contributed by atoms with Gasteiger partial charge in [0.1, 0.15) is 0 Å². The van der Waals surface area contributed by atoms with E-state index in [1.54, 1.807) is 13.2 Å². The normalized spacial score (nSPS) is 12.0. The van der Waals surface area contributed by atoms with Gasteiger partial charge in [0.15, 0.2) is 0 Å². The Hall–Kier alpha value is -1.62. The molecule has 0 fully saturated rings. The van der Waals surface area contributed by atoms with Crippen molar-refractivity contribution in [3.63, 3.8) is 0 Å².